The maximum Gasteiger partial charge on any atom is 0.271 e. The lowest BCUT2D eigenvalue weighted by Gasteiger charge is -2.21. The maximum atomic E-state index is 10.8. The molecule has 0 saturated heterocycles. The Morgan fingerprint density at radius 3 is 2.23 bits per heavy atom. The molecular formula is C18H18N4O4. The molecule has 2 aromatic carbocycles. The highest BCUT2D eigenvalue weighted by Crippen LogP contribution is 2.35. The van der Waals surface area contributed by atoms with Crippen molar-refractivity contribution in [3.8, 4) is 11.5 Å². The van der Waals surface area contributed by atoms with E-state index in [1.165, 1.54) is 6.07 Å². The lowest BCUT2D eigenvalue weighted by atomic mass is 10.2. The second-order valence-corrected chi connectivity index (χ2v) is 5.29. The molecule has 0 amide bonds. The number of phenolic OH excluding ortho intramolecular Hbond substituents is 2. The van der Waals surface area contributed by atoms with Crippen LogP contribution in [0.15, 0.2) is 71.9 Å². The van der Waals surface area contributed by atoms with Crippen LogP contribution >= 0.6 is 0 Å². The molecule has 0 aromatic heterocycles. The molecule has 0 aliphatic carbocycles. The Hall–Kier alpha value is -3.68. The van der Waals surface area contributed by atoms with Gasteiger partial charge in [-0.15, -0.1) is 23.4 Å². The van der Waals surface area contributed by atoms with Crippen LogP contribution in [0, 0.1) is 10.1 Å². The fourth-order valence-corrected chi connectivity index (χ4v) is 2.20. The molecule has 2 N–H and O–H groups in total. The van der Waals surface area contributed by atoms with Crippen LogP contribution in [0.5, 0.6) is 11.5 Å². The van der Waals surface area contributed by atoms with E-state index >= 15 is 0 Å². The quantitative estimate of drug-likeness (QED) is 0.311. The van der Waals surface area contributed by atoms with Gasteiger partial charge in [-0.1, -0.05) is 12.2 Å². The van der Waals surface area contributed by atoms with E-state index in [0.29, 0.717) is 13.1 Å². The Bertz CT molecular complexity index is 854. The van der Waals surface area contributed by atoms with Crippen molar-refractivity contribution in [1.29, 1.82) is 0 Å². The number of hydrogen-bond acceptors (Lipinski definition) is 7. The largest absolute Gasteiger partial charge is 0.506 e. The van der Waals surface area contributed by atoms with Gasteiger partial charge in [0.2, 0.25) is 0 Å². The number of rotatable bonds is 8. The van der Waals surface area contributed by atoms with E-state index in [2.05, 4.69) is 23.4 Å². The summed E-state index contributed by atoms with van der Waals surface area (Å²) in [6.07, 6.45) is 3.47. The number of nitrogens with zero attached hydrogens (tertiary/aromatic N) is 4. The van der Waals surface area contributed by atoms with Crippen LogP contribution in [0.2, 0.25) is 0 Å². The van der Waals surface area contributed by atoms with Crippen LogP contribution < -0.4 is 4.90 Å². The topological polar surface area (TPSA) is 112 Å². The Morgan fingerprint density at radius 2 is 1.65 bits per heavy atom. The molecule has 134 valence electrons. The fraction of sp³-hybridized carbons (Fsp3) is 0.111. The molecule has 0 fully saturated rings. The predicted molar refractivity (Wildman–Crippen MR) is 99.7 cm³/mol. The highest BCUT2D eigenvalue weighted by Gasteiger charge is 2.11. The summed E-state index contributed by atoms with van der Waals surface area (Å²) in [5.74, 6) is -0.368. The molecule has 0 radical (unpaired) electrons. The van der Waals surface area contributed by atoms with Crippen molar-refractivity contribution in [2.45, 2.75) is 0 Å². The molecule has 8 nitrogen and oxygen atoms in total. The third-order valence-electron chi connectivity index (χ3n) is 3.46. The van der Waals surface area contributed by atoms with E-state index in [9.17, 15) is 20.3 Å². The minimum absolute atomic E-state index is 0.0670. The lowest BCUT2D eigenvalue weighted by molar-refractivity contribution is -0.384. The number of aromatic hydroxyl groups is 2. The molecule has 0 atom stereocenters. The average Bonchev–Trinajstić information content (AvgIpc) is 2.61. The monoisotopic (exact) mass is 354 g/mol. The summed E-state index contributed by atoms with van der Waals surface area (Å²) in [5.41, 5.74) is 0.625. The summed E-state index contributed by atoms with van der Waals surface area (Å²) in [6, 6.07) is 8.25. The molecule has 0 unspecified atom stereocenters. The van der Waals surface area contributed by atoms with Gasteiger partial charge in [-0.3, -0.25) is 10.1 Å². The van der Waals surface area contributed by atoms with Gasteiger partial charge in [0.1, 0.15) is 22.9 Å². The van der Waals surface area contributed by atoms with Gasteiger partial charge in [0.05, 0.1) is 4.92 Å². The van der Waals surface area contributed by atoms with Crippen molar-refractivity contribution < 1.29 is 15.1 Å². The van der Waals surface area contributed by atoms with Crippen LogP contribution in [0.3, 0.4) is 0 Å². The van der Waals surface area contributed by atoms with Gasteiger partial charge in [-0.25, -0.2) is 0 Å². The Morgan fingerprint density at radius 1 is 1.00 bits per heavy atom. The number of benzene rings is 2. The van der Waals surface area contributed by atoms with Gasteiger partial charge in [0.15, 0.2) is 0 Å². The van der Waals surface area contributed by atoms with Crippen molar-refractivity contribution in [3.05, 3.63) is 71.8 Å². The number of nitro benzene ring substituents is 1. The van der Waals surface area contributed by atoms with Crippen LogP contribution in [-0.4, -0.2) is 28.2 Å². The van der Waals surface area contributed by atoms with Crippen molar-refractivity contribution in [2.75, 3.05) is 18.0 Å². The average molecular weight is 354 g/mol. The molecule has 0 bridgehead atoms. The first-order valence-corrected chi connectivity index (χ1v) is 7.65. The summed E-state index contributed by atoms with van der Waals surface area (Å²) < 4.78 is 0. The first-order valence-electron chi connectivity index (χ1n) is 7.65. The van der Waals surface area contributed by atoms with E-state index in [1.54, 1.807) is 24.3 Å². The van der Waals surface area contributed by atoms with Crippen molar-refractivity contribution in [2.24, 2.45) is 10.2 Å². The molecule has 0 saturated carbocycles. The third kappa shape index (κ3) is 4.44. The van der Waals surface area contributed by atoms with Gasteiger partial charge >= 0.3 is 0 Å². The molecule has 0 aliphatic rings. The SMILES string of the molecule is C=CCN(CC=C)c1ccc(/N=N/c2cc([N+](=O)[O-])ccc2O)c(O)c1. The second kappa shape index (κ2) is 8.43. The minimum atomic E-state index is -0.599. The minimum Gasteiger partial charge on any atom is -0.506 e. The zero-order valence-electron chi connectivity index (χ0n) is 13.9. The van der Waals surface area contributed by atoms with Gasteiger partial charge in [-0.2, -0.15) is 0 Å². The standard InChI is InChI=1S/C18H18N4O4/c1-3-9-21(10-4-2)13-5-7-15(18(24)12-13)19-20-16-11-14(22(25)26)6-8-17(16)23/h3-8,11-12,23-24H,1-2,9-10H2/b20-19+. The molecule has 0 aliphatic heterocycles. The third-order valence-corrected chi connectivity index (χ3v) is 3.46. The van der Waals surface area contributed by atoms with Crippen LogP contribution in [-0.2, 0) is 0 Å². The fourth-order valence-electron chi connectivity index (χ4n) is 2.20. The van der Waals surface area contributed by atoms with Gasteiger partial charge in [-0.05, 0) is 18.2 Å². The van der Waals surface area contributed by atoms with Gasteiger partial charge in [0, 0.05) is 37.0 Å². The highest BCUT2D eigenvalue weighted by atomic mass is 16.6. The van der Waals surface area contributed by atoms with E-state index in [4.69, 9.17) is 0 Å². The maximum absolute atomic E-state index is 10.8. The van der Waals surface area contributed by atoms with Gasteiger partial charge < -0.3 is 15.1 Å². The normalized spacial score (nSPS) is 10.6. The Balaban J connectivity index is 2.29. The molecule has 0 spiro atoms. The smallest absolute Gasteiger partial charge is 0.271 e. The Kier molecular flexibility index (Phi) is 6.05. The second-order valence-electron chi connectivity index (χ2n) is 5.29. The molecule has 26 heavy (non-hydrogen) atoms. The zero-order chi connectivity index (χ0) is 19.1. The first-order chi connectivity index (χ1) is 12.5. The van der Waals surface area contributed by atoms with E-state index in [-0.39, 0.29) is 28.6 Å². The van der Waals surface area contributed by atoms with Crippen LogP contribution in [0.4, 0.5) is 22.7 Å². The van der Waals surface area contributed by atoms with Crippen molar-refractivity contribution in [3.63, 3.8) is 0 Å². The van der Waals surface area contributed by atoms with E-state index in [0.717, 1.165) is 23.9 Å². The van der Waals surface area contributed by atoms with Crippen LogP contribution in [0.25, 0.3) is 0 Å². The summed E-state index contributed by atoms with van der Waals surface area (Å²) >= 11 is 0. The predicted octanol–water partition coefficient (Wildman–Crippen LogP) is 4.60. The number of non-ortho nitro benzene ring substituents is 1. The lowest BCUT2D eigenvalue weighted by Crippen LogP contribution is -2.22. The number of anilines is 1. The number of nitro groups is 1. The Labute approximate surface area is 150 Å². The molecule has 0 heterocycles. The summed E-state index contributed by atoms with van der Waals surface area (Å²) in [6.45, 7) is 8.55. The summed E-state index contributed by atoms with van der Waals surface area (Å²) in [7, 11) is 0. The van der Waals surface area contributed by atoms with Gasteiger partial charge in [0.25, 0.3) is 5.69 Å². The molecule has 2 aromatic rings. The van der Waals surface area contributed by atoms with E-state index < -0.39 is 4.92 Å². The van der Waals surface area contributed by atoms with E-state index in [1.807, 2.05) is 4.90 Å². The number of phenols is 2. The highest BCUT2D eigenvalue weighted by molar-refractivity contribution is 5.62. The number of hydrogen-bond donors (Lipinski definition) is 2. The summed E-state index contributed by atoms with van der Waals surface area (Å²) in [4.78, 5) is 12.1. The van der Waals surface area contributed by atoms with Crippen molar-refractivity contribution >= 4 is 22.7 Å². The molecule has 8 heteroatoms. The zero-order valence-corrected chi connectivity index (χ0v) is 13.9. The molecular weight excluding hydrogens is 336 g/mol. The van der Waals surface area contributed by atoms with Crippen molar-refractivity contribution in [1.82, 2.24) is 0 Å². The summed E-state index contributed by atoms with van der Waals surface area (Å²) in [5, 5.41) is 38.3. The number of azo groups is 1. The molecule has 2 rings (SSSR count). The first kappa shape index (κ1) is 18.7. The van der Waals surface area contributed by atoms with Crippen LogP contribution in [0.1, 0.15) is 0 Å².